The van der Waals surface area contributed by atoms with E-state index in [1.165, 1.54) is 12.8 Å². The van der Waals surface area contributed by atoms with Gasteiger partial charge in [-0.2, -0.15) is 0 Å². The molecule has 0 bridgehead atoms. The third kappa shape index (κ3) is 5.23. The first-order valence-corrected chi connectivity index (χ1v) is 9.08. The van der Waals surface area contributed by atoms with Crippen molar-refractivity contribution >= 4 is 5.91 Å². The standard InChI is InChI=1S/C21H26N2O3/c1-25-18-9-11-19(12-10-18)26-16-21(24)22-20(15-23-13-5-6-14-23)17-7-3-2-4-8-17/h2-4,7-12,20H,5-6,13-16H2,1H3,(H,22,24). The molecule has 0 spiro atoms. The number of benzene rings is 2. The monoisotopic (exact) mass is 354 g/mol. The van der Waals surface area contributed by atoms with Gasteiger partial charge in [0.25, 0.3) is 5.91 Å². The number of carbonyl (C=O) groups excluding carboxylic acids is 1. The Morgan fingerprint density at radius 2 is 1.69 bits per heavy atom. The van der Waals surface area contributed by atoms with Crippen LogP contribution >= 0.6 is 0 Å². The molecule has 3 rings (SSSR count). The second kappa shape index (κ2) is 9.25. The maximum atomic E-state index is 12.4. The fourth-order valence-electron chi connectivity index (χ4n) is 3.20. The van der Waals surface area contributed by atoms with E-state index in [2.05, 4.69) is 22.3 Å². The Morgan fingerprint density at radius 3 is 2.35 bits per heavy atom. The normalized spacial score (nSPS) is 15.4. The zero-order valence-electron chi connectivity index (χ0n) is 15.2. The minimum atomic E-state index is -0.117. The number of ether oxygens (including phenoxy) is 2. The summed E-state index contributed by atoms with van der Waals surface area (Å²) in [6.45, 7) is 3.02. The fourth-order valence-corrected chi connectivity index (χ4v) is 3.20. The van der Waals surface area contributed by atoms with E-state index in [0.717, 1.165) is 30.9 Å². The van der Waals surface area contributed by atoms with Crippen LogP contribution in [-0.2, 0) is 4.79 Å². The highest BCUT2D eigenvalue weighted by Gasteiger charge is 2.20. The highest BCUT2D eigenvalue weighted by atomic mass is 16.5. The predicted molar refractivity (Wildman–Crippen MR) is 101 cm³/mol. The number of methoxy groups -OCH3 is 1. The predicted octanol–water partition coefficient (Wildman–Crippen LogP) is 3.03. The molecule has 1 fully saturated rings. The fraction of sp³-hybridized carbons (Fsp3) is 0.381. The van der Waals surface area contributed by atoms with Crippen LogP contribution in [0.2, 0.25) is 0 Å². The third-order valence-electron chi connectivity index (χ3n) is 4.61. The topological polar surface area (TPSA) is 50.8 Å². The molecule has 2 aromatic rings. The second-order valence-electron chi connectivity index (χ2n) is 6.50. The summed E-state index contributed by atoms with van der Waals surface area (Å²) in [7, 11) is 1.62. The van der Waals surface area contributed by atoms with Gasteiger partial charge in [0, 0.05) is 6.54 Å². The maximum absolute atomic E-state index is 12.4. The van der Waals surface area contributed by atoms with E-state index < -0.39 is 0 Å². The van der Waals surface area contributed by atoms with E-state index in [0.29, 0.717) is 5.75 Å². The number of amides is 1. The van der Waals surface area contributed by atoms with Crippen LogP contribution < -0.4 is 14.8 Å². The number of hydrogen-bond donors (Lipinski definition) is 1. The first-order valence-electron chi connectivity index (χ1n) is 9.08. The number of nitrogens with zero attached hydrogens (tertiary/aromatic N) is 1. The number of hydrogen-bond acceptors (Lipinski definition) is 4. The lowest BCUT2D eigenvalue weighted by atomic mass is 10.1. The van der Waals surface area contributed by atoms with Gasteiger partial charge in [0.15, 0.2) is 6.61 Å². The highest BCUT2D eigenvalue weighted by Crippen LogP contribution is 2.19. The summed E-state index contributed by atoms with van der Waals surface area (Å²) in [5.74, 6) is 1.29. The smallest absolute Gasteiger partial charge is 0.258 e. The molecule has 1 heterocycles. The summed E-state index contributed by atoms with van der Waals surface area (Å²) in [4.78, 5) is 14.8. The van der Waals surface area contributed by atoms with Crippen LogP contribution in [0, 0.1) is 0 Å². The Balaban J connectivity index is 1.57. The van der Waals surface area contributed by atoms with Gasteiger partial charge in [-0.3, -0.25) is 4.79 Å². The molecule has 0 saturated carbocycles. The second-order valence-corrected chi connectivity index (χ2v) is 6.50. The van der Waals surface area contributed by atoms with Crippen LogP contribution in [0.3, 0.4) is 0 Å². The molecule has 0 aliphatic carbocycles. The molecule has 5 nitrogen and oxygen atoms in total. The van der Waals surface area contributed by atoms with Crippen LogP contribution in [0.4, 0.5) is 0 Å². The largest absolute Gasteiger partial charge is 0.497 e. The molecule has 2 aromatic carbocycles. The van der Waals surface area contributed by atoms with Crippen LogP contribution in [0.5, 0.6) is 11.5 Å². The number of carbonyl (C=O) groups is 1. The van der Waals surface area contributed by atoms with E-state index in [-0.39, 0.29) is 18.6 Å². The van der Waals surface area contributed by atoms with Gasteiger partial charge in [0.2, 0.25) is 0 Å². The maximum Gasteiger partial charge on any atom is 0.258 e. The first kappa shape index (κ1) is 18.3. The molecule has 1 N–H and O–H groups in total. The SMILES string of the molecule is COc1ccc(OCC(=O)NC(CN2CCCC2)c2ccccc2)cc1. The van der Waals surface area contributed by atoms with E-state index in [1.54, 1.807) is 19.2 Å². The highest BCUT2D eigenvalue weighted by molar-refractivity contribution is 5.78. The van der Waals surface area contributed by atoms with Crippen molar-refractivity contribution < 1.29 is 14.3 Å². The van der Waals surface area contributed by atoms with Gasteiger partial charge >= 0.3 is 0 Å². The minimum absolute atomic E-state index is 0.00430. The molecule has 138 valence electrons. The van der Waals surface area contributed by atoms with E-state index in [4.69, 9.17) is 9.47 Å². The van der Waals surface area contributed by atoms with Crippen molar-refractivity contribution in [2.24, 2.45) is 0 Å². The Morgan fingerprint density at radius 1 is 1.04 bits per heavy atom. The summed E-state index contributed by atoms with van der Waals surface area (Å²) in [6.07, 6.45) is 2.46. The number of nitrogens with one attached hydrogen (secondary N) is 1. The average Bonchev–Trinajstić information content (AvgIpc) is 3.20. The lowest BCUT2D eigenvalue weighted by Gasteiger charge is -2.25. The minimum Gasteiger partial charge on any atom is -0.497 e. The van der Waals surface area contributed by atoms with Gasteiger partial charge in [-0.25, -0.2) is 0 Å². The molecule has 5 heteroatoms. The summed E-state index contributed by atoms with van der Waals surface area (Å²) < 4.78 is 10.7. The van der Waals surface area contributed by atoms with Gasteiger partial charge in [-0.1, -0.05) is 30.3 Å². The van der Waals surface area contributed by atoms with Gasteiger partial charge in [-0.05, 0) is 55.8 Å². The van der Waals surface area contributed by atoms with E-state index in [1.807, 2.05) is 30.3 Å². The first-order chi connectivity index (χ1) is 12.7. The lowest BCUT2D eigenvalue weighted by molar-refractivity contribution is -0.124. The molecule has 0 radical (unpaired) electrons. The van der Waals surface area contributed by atoms with Gasteiger partial charge < -0.3 is 19.7 Å². The molecule has 1 aliphatic heterocycles. The van der Waals surface area contributed by atoms with Gasteiger partial charge in [0.1, 0.15) is 11.5 Å². The van der Waals surface area contributed by atoms with Gasteiger partial charge in [-0.15, -0.1) is 0 Å². The van der Waals surface area contributed by atoms with Crippen LogP contribution in [0.25, 0.3) is 0 Å². The van der Waals surface area contributed by atoms with Crippen molar-refractivity contribution in [2.75, 3.05) is 33.4 Å². The Kier molecular flexibility index (Phi) is 6.50. The average molecular weight is 354 g/mol. The number of rotatable bonds is 8. The molecule has 1 amide bonds. The molecule has 1 unspecified atom stereocenters. The van der Waals surface area contributed by atoms with Gasteiger partial charge in [0.05, 0.1) is 13.2 Å². The third-order valence-corrected chi connectivity index (χ3v) is 4.61. The molecule has 1 aliphatic rings. The van der Waals surface area contributed by atoms with E-state index in [9.17, 15) is 4.79 Å². The van der Waals surface area contributed by atoms with Crippen molar-refractivity contribution in [2.45, 2.75) is 18.9 Å². The summed E-state index contributed by atoms with van der Waals surface area (Å²) in [5.41, 5.74) is 1.12. The lowest BCUT2D eigenvalue weighted by Crippen LogP contribution is -2.39. The quantitative estimate of drug-likeness (QED) is 0.792. The molecule has 1 saturated heterocycles. The zero-order valence-corrected chi connectivity index (χ0v) is 15.2. The molecule has 26 heavy (non-hydrogen) atoms. The summed E-state index contributed by atoms with van der Waals surface area (Å²) >= 11 is 0. The van der Waals surface area contributed by atoms with Crippen molar-refractivity contribution in [3.63, 3.8) is 0 Å². The molecular weight excluding hydrogens is 328 g/mol. The van der Waals surface area contributed by atoms with Crippen molar-refractivity contribution in [1.29, 1.82) is 0 Å². The van der Waals surface area contributed by atoms with Crippen LogP contribution in [-0.4, -0.2) is 44.2 Å². The van der Waals surface area contributed by atoms with Crippen molar-refractivity contribution in [1.82, 2.24) is 10.2 Å². The van der Waals surface area contributed by atoms with Crippen molar-refractivity contribution in [3.05, 3.63) is 60.2 Å². The Hall–Kier alpha value is -2.53. The van der Waals surface area contributed by atoms with Crippen molar-refractivity contribution in [3.8, 4) is 11.5 Å². The zero-order chi connectivity index (χ0) is 18.2. The van der Waals surface area contributed by atoms with Crippen LogP contribution in [0.15, 0.2) is 54.6 Å². The van der Waals surface area contributed by atoms with Crippen LogP contribution in [0.1, 0.15) is 24.4 Å². The molecule has 1 atom stereocenters. The Labute approximate surface area is 154 Å². The Bertz CT molecular complexity index is 682. The molecule has 0 aromatic heterocycles. The summed E-state index contributed by atoms with van der Waals surface area (Å²) in [6, 6.07) is 17.3. The van der Waals surface area contributed by atoms with E-state index >= 15 is 0 Å². The summed E-state index contributed by atoms with van der Waals surface area (Å²) in [5, 5.41) is 3.12. The molecular formula is C21H26N2O3. The number of likely N-dealkylation sites (tertiary alicyclic amines) is 1.